The number of aromatic nitrogens is 1. The molecular formula is C12H19N3O2. The fourth-order valence-corrected chi connectivity index (χ4v) is 1.36. The van der Waals surface area contributed by atoms with E-state index in [1.165, 1.54) is 5.56 Å². The van der Waals surface area contributed by atoms with Crippen LogP contribution in [-0.4, -0.2) is 37.2 Å². The quantitative estimate of drug-likeness (QED) is 0.629. The topological polar surface area (TPSA) is 77.2 Å². The van der Waals surface area contributed by atoms with E-state index < -0.39 is 0 Å². The Morgan fingerprint density at radius 3 is 2.88 bits per heavy atom. The summed E-state index contributed by atoms with van der Waals surface area (Å²) in [5, 5.41) is 2.64. The van der Waals surface area contributed by atoms with Crippen molar-refractivity contribution < 1.29 is 9.53 Å². The van der Waals surface area contributed by atoms with E-state index in [2.05, 4.69) is 10.3 Å². The van der Waals surface area contributed by atoms with Crippen molar-refractivity contribution in [2.24, 2.45) is 5.73 Å². The Bertz CT molecular complexity index is 317. The van der Waals surface area contributed by atoms with Gasteiger partial charge in [-0.1, -0.05) is 0 Å². The monoisotopic (exact) mass is 237 g/mol. The van der Waals surface area contributed by atoms with Crippen molar-refractivity contribution in [2.45, 2.75) is 12.8 Å². The average molecular weight is 237 g/mol. The van der Waals surface area contributed by atoms with Crippen molar-refractivity contribution in [3.05, 3.63) is 30.1 Å². The average Bonchev–Trinajstić information content (AvgIpc) is 2.37. The molecule has 0 radical (unpaired) electrons. The molecule has 17 heavy (non-hydrogen) atoms. The molecule has 5 nitrogen and oxygen atoms in total. The van der Waals surface area contributed by atoms with Gasteiger partial charge in [-0.15, -0.1) is 0 Å². The normalized spacial score (nSPS) is 10.2. The van der Waals surface area contributed by atoms with Crippen molar-refractivity contribution in [1.29, 1.82) is 0 Å². The minimum atomic E-state index is -0.112. The molecule has 0 saturated carbocycles. The predicted molar refractivity (Wildman–Crippen MR) is 65.4 cm³/mol. The van der Waals surface area contributed by atoms with Gasteiger partial charge in [0, 0.05) is 32.1 Å². The van der Waals surface area contributed by atoms with Crippen LogP contribution in [0, 0.1) is 0 Å². The number of nitrogens with one attached hydrogen (secondary N) is 1. The van der Waals surface area contributed by atoms with Gasteiger partial charge in [-0.3, -0.25) is 9.78 Å². The fraction of sp³-hybridized carbons (Fsp3) is 0.500. The zero-order valence-corrected chi connectivity index (χ0v) is 9.89. The van der Waals surface area contributed by atoms with Gasteiger partial charge in [0.2, 0.25) is 5.91 Å². The Morgan fingerprint density at radius 2 is 2.18 bits per heavy atom. The molecule has 1 amide bonds. The third-order valence-corrected chi connectivity index (χ3v) is 2.20. The first-order valence-corrected chi connectivity index (χ1v) is 5.76. The Labute approximate surface area is 101 Å². The molecule has 0 unspecified atom stereocenters. The molecule has 0 aliphatic rings. The molecule has 1 heterocycles. The summed E-state index contributed by atoms with van der Waals surface area (Å²) in [7, 11) is 0. The molecule has 0 aromatic carbocycles. The number of aryl methyl sites for hydroxylation is 1. The lowest BCUT2D eigenvalue weighted by molar-refractivity contribution is -0.125. The van der Waals surface area contributed by atoms with Gasteiger partial charge >= 0.3 is 0 Å². The summed E-state index contributed by atoms with van der Waals surface area (Å²) in [6, 6.07) is 3.96. The lowest BCUT2D eigenvalue weighted by Crippen LogP contribution is -2.32. The standard InChI is InChI=1S/C12H19N3O2/c13-5-8-15-12(16)10-17-9-1-2-11-3-6-14-7-4-11/h3-4,6-7H,1-2,5,8-10,13H2,(H,15,16). The summed E-state index contributed by atoms with van der Waals surface area (Å²) in [6.45, 7) is 1.64. The third kappa shape index (κ3) is 6.65. The van der Waals surface area contributed by atoms with Crippen LogP contribution in [0.1, 0.15) is 12.0 Å². The third-order valence-electron chi connectivity index (χ3n) is 2.20. The van der Waals surface area contributed by atoms with Crippen molar-refractivity contribution in [1.82, 2.24) is 10.3 Å². The molecule has 0 aliphatic heterocycles. The molecule has 0 spiro atoms. The number of hydrogen-bond acceptors (Lipinski definition) is 4. The van der Waals surface area contributed by atoms with E-state index in [0.717, 1.165) is 12.8 Å². The molecule has 3 N–H and O–H groups in total. The van der Waals surface area contributed by atoms with Crippen molar-refractivity contribution in [3.8, 4) is 0 Å². The van der Waals surface area contributed by atoms with E-state index >= 15 is 0 Å². The van der Waals surface area contributed by atoms with Crippen LogP contribution in [0.3, 0.4) is 0 Å². The van der Waals surface area contributed by atoms with Crippen LogP contribution in [-0.2, 0) is 16.0 Å². The molecular weight excluding hydrogens is 218 g/mol. The van der Waals surface area contributed by atoms with Crippen molar-refractivity contribution >= 4 is 5.91 Å². The molecule has 0 bridgehead atoms. The largest absolute Gasteiger partial charge is 0.372 e. The molecule has 0 atom stereocenters. The zero-order chi connectivity index (χ0) is 12.3. The van der Waals surface area contributed by atoms with E-state index in [-0.39, 0.29) is 12.5 Å². The molecule has 94 valence electrons. The van der Waals surface area contributed by atoms with Crippen LogP contribution < -0.4 is 11.1 Å². The lowest BCUT2D eigenvalue weighted by atomic mass is 10.1. The van der Waals surface area contributed by atoms with Crippen LogP contribution in [0.5, 0.6) is 0 Å². The summed E-state index contributed by atoms with van der Waals surface area (Å²) in [4.78, 5) is 15.1. The number of hydrogen-bond donors (Lipinski definition) is 2. The van der Waals surface area contributed by atoms with E-state index in [1.54, 1.807) is 12.4 Å². The second kappa shape index (κ2) is 8.66. The smallest absolute Gasteiger partial charge is 0.246 e. The molecule has 1 aromatic rings. The first-order valence-electron chi connectivity index (χ1n) is 5.76. The summed E-state index contributed by atoms with van der Waals surface area (Å²) in [5.41, 5.74) is 6.49. The number of rotatable bonds is 8. The number of carbonyl (C=O) groups excluding carboxylic acids is 1. The number of nitrogens with two attached hydrogens (primary N) is 1. The highest BCUT2D eigenvalue weighted by Crippen LogP contribution is 2.00. The van der Waals surface area contributed by atoms with E-state index in [9.17, 15) is 4.79 Å². The summed E-state index contributed by atoms with van der Waals surface area (Å²) < 4.78 is 5.25. The fourth-order valence-electron chi connectivity index (χ4n) is 1.36. The van der Waals surface area contributed by atoms with Gasteiger partial charge in [0.25, 0.3) is 0 Å². The zero-order valence-electron chi connectivity index (χ0n) is 9.89. The lowest BCUT2D eigenvalue weighted by Gasteiger charge is -2.05. The van der Waals surface area contributed by atoms with Gasteiger partial charge in [0.15, 0.2) is 0 Å². The molecule has 1 rings (SSSR count). The van der Waals surface area contributed by atoms with Gasteiger partial charge in [-0.25, -0.2) is 0 Å². The van der Waals surface area contributed by atoms with Gasteiger partial charge in [0.1, 0.15) is 6.61 Å². The minimum absolute atomic E-state index is 0.107. The van der Waals surface area contributed by atoms with Crippen molar-refractivity contribution in [2.75, 3.05) is 26.3 Å². The highest BCUT2D eigenvalue weighted by Gasteiger charge is 1.99. The first kappa shape index (κ1) is 13.6. The minimum Gasteiger partial charge on any atom is -0.372 e. The van der Waals surface area contributed by atoms with Crippen molar-refractivity contribution in [3.63, 3.8) is 0 Å². The van der Waals surface area contributed by atoms with Gasteiger partial charge in [-0.2, -0.15) is 0 Å². The van der Waals surface area contributed by atoms with E-state index in [4.69, 9.17) is 10.5 Å². The van der Waals surface area contributed by atoms with Crippen LogP contribution in [0.15, 0.2) is 24.5 Å². The molecule has 0 aliphatic carbocycles. The Kier molecular flexibility index (Phi) is 6.93. The molecule has 1 aromatic heterocycles. The second-order valence-electron chi connectivity index (χ2n) is 3.65. The van der Waals surface area contributed by atoms with Crippen LogP contribution in [0.2, 0.25) is 0 Å². The number of carbonyl (C=O) groups is 1. The number of pyridine rings is 1. The molecule has 0 fully saturated rings. The SMILES string of the molecule is NCCNC(=O)COCCCc1ccncc1. The van der Waals surface area contributed by atoms with E-state index in [0.29, 0.717) is 19.7 Å². The van der Waals surface area contributed by atoms with E-state index in [1.807, 2.05) is 12.1 Å². The number of ether oxygens (including phenoxy) is 1. The first-order chi connectivity index (χ1) is 8.33. The number of nitrogens with zero attached hydrogens (tertiary/aromatic N) is 1. The highest BCUT2D eigenvalue weighted by molar-refractivity contribution is 5.77. The highest BCUT2D eigenvalue weighted by atomic mass is 16.5. The summed E-state index contributed by atoms with van der Waals surface area (Å²) >= 11 is 0. The van der Waals surface area contributed by atoms with Crippen LogP contribution in [0.4, 0.5) is 0 Å². The van der Waals surface area contributed by atoms with Gasteiger partial charge in [0.05, 0.1) is 0 Å². The Morgan fingerprint density at radius 1 is 1.41 bits per heavy atom. The number of amides is 1. The summed E-state index contributed by atoms with van der Waals surface area (Å²) in [5.74, 6) is -0.112. The summed E-state index contributed by atoms with van der Waals surface area (Å²) in [6.07, 6.45) is 5.38. The van der Waals surface area contributed by atoms with Gasteiger partial charge < -0.3 is 15.8 Å². The van der Waals surface area contributed by atoms with Crippen LogP contribution in [0.25, 0.3) is 0 Å². The maximum absolute atomic E-state index is 11.1. The van der Waals surface area contributed by atoms with Crippen LogP contribution >= 0.6 is 0 Å². The molecule has 0 saturated heterocycles. The second-order valence-corrected chi connectivity index (χ2v) is 3.65. The maximum Gasteiger partial charge on any atom is 0.246 e. The molecule has 5 heteroatoms. The van der Waals surface area contributed by atoms with Gasteiger partial charge in [-0.05, 0) is 30.5 Å². The Balaban J connectivity index is 1.99. The maximum atomic E-state index is 11.1. The predicted octanol–water partition coefficient (Wildman–Crippen LogP) is 0.106. The Hall–Kier alpha value is -1.46.